The molecule has 2 atom stereocenters. The molecular weight excluding hydrogens is 317 g/mol. The third-order valence-corrected chi connectivity index (χ3v) is 5.16. The van der Waals surface area contributed by atoms with Crippen LogP contribution in [-0.2, 0) is 0 Å². The van der Waals surface area contributed by atoms with Gasteiger partial charge in [0.2, 0.25) is 0 Å². The molecule has 25 heavy (non-hydrogen) atoms. The minimum Gasteiger partial charge on any atom is -0.496 e. The molecule has 0 amide bonds. The highest BCUT2D eigenvalue weighted by Gasteiger charge is 2.23. The van der Waals surface area contributed by atoms with Crippen LogP contribution in [0.15, 0.2) is 36.5 Å². The van der Waals surface area contributed by atoms with Crippen LogP contribution in [0.25, 0.3) is 22.2 Å². The molecule has 1 saturated carbocycles. The number of fused-ring (bicyclic) bond motifs is 1. The van der Waals surface area contributed by atoms with Crippen molar-refractivity contribution < 1.29 is 9.13 Å². The summed E-state index contributed by atoms with van der Waals surface area (Å²) in [5.74, 6) is 0.798. The van der Waals surface area contributed by atoms with Gasteiger partial charge in [-0.05, 0) is 55.2 Å². The summed E-state index contributed by atoms with van der Waals surface area (Å²) in [5, 5.41) is 0.987. The van der Waals surface area contributed by atoms with Crippen LogP contribution in [0.2, 0.25) is 0 Å². The SMILES string of the molecule is COc1ccc(F)cc1-c1ccnc2[nH]c([C@H]3CCC[C@H](N)C3)cc12. The van der Waals surface area contributed by atoms with Crippen molar-refractivity contribution in [3.05, 3.63) is 48.0 Å². The quantitative estimate of drug-likeness (QED) is 0.745. The lowest BCUT2D eigenvalue weighted by Gasteiger charge is -2.25. The van der Waals surface area contributed by atoms with Gasteiger partial charge in [-0.25, -0.2) is 9.37 Å². The van der Waals surface area contributed by atoms with E-state index >= 15 is 0 Å². The van der Waals surface area contributed by atoms with Crippen LogP contribution in [0.3, 0.4) is 0 Å². The number of halogens is 1. The minimum atomic E-state index is -0.283. The van der Waals surface area contributed by atoms with Crippen molar-refractivity contribution in [2.24, 2.45) is 5.73 Å². The molecule has 0 unspecified atom stereocenters. The molecule has 0 radical (unpaired) electrons. The maximum absolute atomic E-state index is 13.8. The first-order valence-electron chi connectivity index (χ1n) is 8.73. The molecule has 1 aromatic carbocycles. The number of pyridine rings is 1. The number of nitrogens with zero attached hydrogens (tertiary/aromatic N) is 1. The second-order valence-corrected chi connectivity index (χ2v) is 6.81. The number of H-pyrrole nitrogens is 1. The first kappa shape index (κ1) is 16.1. The number of benzene rings is 1. The van der Waals surface area contributed by atoms with Gasteiger partial charge in [-0.1, -0.05) is 6.42 Å². The van der Waals surface area contributed by atoms with Gasteiger partial charge in [-0.15, -0.1) is 0 Å². The number of hydrogen-bond acceptors (Lipinski definition) is 3. The molecule has 0 aliphatic heterocycles. The van der Waals surface area contributed by atoms with E-state index in [2.05, 4.69) is 16.0 Å². The summed E-state index contributed by atoms with van der Waals surface area (Å²) >= 11 is 0. The minimum absolute atomic E-state index is 0.265. The zero-order valence-corrected chi connectivity index (χ0v) is 14.3. The Labute approximate surface area is 146 Å². The molecule has 0 bridgehead atoms. The van der Waals surface area contributed by atoms with Crippen molar-refractivity contribution in [3.8, 4) is 16.9 Å². The summed E-state index contributed by atoms with van der Waals surface area (Å²) in [7, 11) is 1.60. The van der Waals surface area contributed by atoms with E-state index in [1.54, 1.807) is 19.4 Å². The average Bonchev–Trinajstić information content (AvgIpc) is 3.06. The Kier molecular flexibility index (Phi) is 4.17. The molecule has 4 nitrogen and oxygen atoms in total. The highest BCUT2D eigenvalue weighted by Crippen LogP contribution is 2.38. The molecule has 2 heterocycles. The van der Waals surface area contributed by atoms with Gasteiger partial charge in [0.1, 0.15) is 17.2 Å². The molecule has 0 saturated heterocycles. The fourth-order valence-corrected chi connectivity index (χ4v) is 3.90. The molecule has 130 valence electrons. The lowest BCUT2D eigenvalue weighted by Crippen LogP contribution is -2.26. The summed E-state index contributed by atoms with van der Waals surface area (Å²) in [5.41, 5.74) is 9.79. The third-order valence-electron chi connectivity index (χ3n) is 5.16. The van der Waals surface area contributed by atoms with Gasteiger partial charge >= 0.3 is 0 Å². The molecule has 1 aliphatic rings. The number of aromatic nitrogens is 2. The van der Waals surface area contributed by atoms with Gasteiger partial charge in [0, 0.05) is 34.8 Å². The van der Waals surface area contributed by atoms with Crippen molar-refractivity contribution >= 4 is 11.0 Å². The Hall–Kier alpha value is -2.40. The maximum Gasteiger partial charge on any atom is 0.138 e. The fourth-order valence-electron chi connectivity index (χ4n) is 3.90. The molecule has 3 aromatic rings. The van der Waals surface area contributed by atoms with E-state index in [0.717, 1.165) is 47.8 Å². The van der Waals surface area contributed by atoms with Crippen molar-refractivity contribution in [1.82, 2.24) is 9.97 Å². The molecule has 4 rings (SSSR count). The standard InChI is InChI=1S/C20H22FN3O/c1-25-19-6-5-13(21)10-16(19)15-7-8-23-20-17(15)11-18(24-20)12-3-2-4-14(22)9-12/h5-8,10-12,14H,2-4,9,22H2,1H3,(H,23,24)/t12-,14-/m0/s1. The van der Waals surface area contributed by atoms with E-state index in [4.69, 9.17) is 10.5 Å². The molecule has 3 N–H and O–H groups in total. The van der Waals surface area contributed by atoms with Gasteiger partial charge in [0.05, 0.1) is 7.11 Å². The molecule has 0 spiro atoms. The van der Waals surface area contributed by atoms with Crippen LogP contribution < -0.4 is 10.5 Å². The van der Waals surface area contributed by atoms with Crippen molar-refractivity contribution in [1.29, 1.82) is 0 Å². The predicted molar refractivity (Wildman–Crippen MR) is 97.2 cm³/mol. The Morgan fingerprint density at radius 1 is 1.20 bits per heavy atom. The highest BCUT2D eigenvalue weighted by molar-refractivity contribution is 5.95. The van der Waals surface area contributed by atoms with Crippen LogP contribution in [0.5, 0.6) is 5.75 Å². The number of nitrogens with two attached hydrogens (primary N) is 1. The fraction of sp³-hybridized carbons (Fsp3) is 0.350. The summed E-state index contributed by atoms with van der Waals surface area (Å²) in [4.78, 5) is 7.91. The second-order valence-electron chi connectivity index (χ2n) is 6.81. The maximum atomic E-state index is 13.8. The van der Waals surface area contributed by atoms with E-state index in [1.807, 2.05) is 6.07 Å². The number of ether oxygens (including phenoxy) is 1. The summed E-state index contributed by atoms with van der Waals surface area (Å²) in [6.07, 6.45) is 6.12. The molecular formula is C20H22FN3O. The van der Waals surface area contributed by atoms with Gasteiger partial charge in [-0.3, -0.25) is 0 Å². The highest BCUT2D eigenvalue weighted by atomic mass is 19.1. The van der Waals surface area contributed by atoms with E-state index < -0.39 is 0 Å². The van der Waals surface area contributed by atoms with E-state index in [0.29, 0.717) is 11.7 Å². The smallest absolute Gasteiger partial charge is 0.138 e. The number of hydrogen-bond donors (Lipinski definition) is 2. The zero-order valence-electron chi connectivity index (χ0n) is 14.3. The normalized spacial score (nSPS) is 20.8. The Morgan fingerprint density at radius 2 is 2.08 bits per heavy atom. The van der Waals surface area contributed by atoms with Crippen LogP contribution in [-0.4, -0.2) is 23.1 Å². The van der Waals surface area contributed by atoms with Crippen molar-refractivity contribution in [2.45, 2.75) is 37.6 Å². The number of rotatable bonds is 3. The van der Waals surface area contributed by atoms with E-state index in [-0.39, 0.29) is 11.9 Å². The number of nitrogens with one attached hydrogen (secondary N) is 1. The topological polar surface area (TPSA) is 63.9 Å². The van der Waals surface area contributed by atoms with Gasteiger partial charge in [0.15, 0.2) is 0 Å². The Balaban J connectivity index is 1.82. The molecule has 1 aliphatic carbocycles. The van der Waals surface area contributed by atoms with Crippen LogP contribution in [0.1, 0.15) is 37.3 Å². The zero-order chi connectivity index (χ0) is 17.4. The van der Waals surface area contributed by atoms with Gasteiger partial charge < -0.3 is 15.5 Å². The summed E-state index contributed by atoms with van der Waals surface area (Å²) in [6, 6.07) is 8.89. The van der Waals surface area contributed by atoms with Crippen LogP contribution in [0.4, 0.5) is 4.39 Å². The van der Waals surface area contributed by atoms with Gasteiger partial charge in [0.25, 0.3) is 0 Å². The third kappa shape index (κ3) is 3.00. The monoisotopic (exact) mass is 339 g/mol. The number of aromatic amines is 1. The van der Waals surface area contributed by atoms with Crippen LogP contribution >= 0.6 is 0 Å². The summed E-state index contributed by atoms with van der Waals surface area (Å²) in [6.45, 7) is 0. The second kappa shape index (κ2) is 6.48. The van der Waals surface area contributed by atoms with E-state index in [1.165, 1.54) is 17.8 Å². The van der Waals surface area contributed by atoms with Crippen molar-refractivity contribution in [3.63, 3.8) is 0 Å². The predicted octanol–water partition coefficient (Wildman–Crippen LogP) is 4.36. The molecule has 2 aromatic heterocycles. The van der Waals surface area contributed by atoms with Crippen LogP contribution in [0, 0.1) is 5.82 Å². The lowest BCUT2D eigenvalue weighted by atomic mass is 9.84. The Morgan fingerprint density at radius 3 is 2.88 bits per heavy atom. The Bertz CT molecular complexity index is 905. The van der Waals surface area contributed by atoms with Crippen molar-refractivity contribution in [2.75, 3.05) is 7.11 Å². The largest absolute Gasteiger partial charge is 0.496 e. The first-order valence-corrected chi connectivity index (χ1v) is 8.73. The summed E-state index contributed by atoms with van der Waals surface area (Å²) < 4.78 is 19.2. The van der Waals surface area contributed by atoms with Gasteiger partial charge in [-0.2, -0.15) is 0 Å². The molecule has 5 heteroatoms. The first-order chi connectivity index (χ1) is 12.2. The molecule has 1 fully saturated rings. The van der Waals surface area contributed by atoms with E-state index in [9.17, 15) is 4.39 Å². The average molecular weight is 339 g/mol. The number of methoxy groups -OCH3 is 1. The lowest BCUT2D eigenvalue weighted by molar-refractivity contribution is 0.389.